The zero-order valence-electron chi connectivity index (χ0n) is 16.5. The maximum atomic E-state index is 13.8. The Hall–Kier alpha value is -1.37. The summed E-state index contributed by atoms with van der Waals surface area (Å²) < 4.78 is 73.0. The number of nitrogens with one attached hydrogen (secondary N) is 1. The molecule has 27 heavy (non-hydrogen) atoms. The highest BCUT2D eigenvalue weighted by atomic mass is 19.2. The molecule has 0 aromatic heterocycles. The minimum absolute atomic E-state index is 0.0359. The molecule has 0 bridgehead atoms. The van der Waals surface area contributed by atoms with E-state index in [9.17, 15) is 22.0 Å². The summed E-state index contributed by atoms with van der Waals surface area (Å²) in [4.78, 5) is 0. The second-order valence-corrected chi connectivity index (χ2v) is 7.39. The van der Waals surface area contributed by atoms with Gasteiger partial charge in [0.25, 0.3) is 0 Å². The van der Waals surface area contributed by atoms with Gasteiger partial charge in [0.2, 0.25) is 5.82 Å². The summed E-state index contributed by atoms with van der Waals surface area (Å²) in [6, 6.07) is 0. The number of ether oxygens (including phenoxy) is 1. The van der Waals surface area contributed by atoms with Crippen molar-refractivity contribution in [2.45, 2.75) is 71.3 Å². The molecule has 0 saturated carbocycles. The lowest BCUT2D eigenvalue weighted by atomic mass is 9.85. The molecule has 0 spiro atoms. The van der Waals surface area contributed by atoms with E-state index in [1.807, 2.05) is 13.8 Å². The van der Waals surface area contributed by atoms with Gasteiger partial charge in [-0.25, -0.2) is 22.0 Å². The van der Waals surface area contributed by atoms with Gasteiger partial charge in [-0.2, -0.15) is 0 Å². The van der Waals surface area contributed by atoms with Gasteiger partial charge >= 0.3 is 0 Å². The number of benzene rings is 1. The number of rotatable bonds is 12. The SMILES string of the molecule is CCCCCCCCC(CNc1c(F)c(F)c(F)c(F)c1F)C(C)(C)OC. The minimum atomic E-state index is -2.16. The number of methoxy groups -OCH3 is 1. The lowest BCUT2D eigenvalue weighted by Crippen LogP contribution is -2.38. The molecule has 1 atom stereocenters. The van der Waals surface area contributed by atoms with E-state index >= 15 is 0 Å². The Labute approximate surface area is 158 Å². The number of hydrogen-bond acceptors (Lipinski definition) is 2. The van der Waals surface area contributed by atoms with Crippen molar-refractivity contribution in [2.24, 2.45) is 5.92 Å². The van der Waals surface area contributed by atoms with Gasteiger partial charge < -0.3 is 10.1 Å². The van der Waals surface area contributed by atoms with Gasteiger partial charge in [-0.05, 0) is 20.3 Å². The Kier molecular flexibility index (Phi) is 9.50. The topological polar surface area (TPSA) is 21.3 Å². The summed E-state index contributed by atoms with van der Waals surface area (Å²) in [6.45, 7) is 5.86. The molecule has 0 radical (unpaired) electrons. The van der Waals surface area contributed by atoms with E-state index in [1.165, 1.54) is 13.5 Å². The summed E-state index contributed by atoms with van der Waals surface area (Å²) in [5.41, 5.74) is -1.60. The van der Waals surface area contributed by atoms with Crippen LogP contribution in [0, 0.1) is 35.0 Å². The third-order valence-corrected chi connectivity index (χ3v) is 5.15. The standard InChI is InChI=1S/C20H30F5NO/c1-5-6-7-8-9-10-11-13(20(2,3)27-4)12-26-19-17(24)15(22)14(21)16(23)18(19)25/h13,26H,5-12H2,1-4H3. The van der Waals surface area contributed by atoms with Crippen molar-refractivity contribution >= 4 is 5.69 Å². The van der Waals surface area contributed by atoms with E-state index in [-0.39, 0.29) is 12.5 Å². The van der Waals surface area contributed by atoms with E-state index in [0.29, 0.717) is 0 Å². The molecule has 0 aliphatic carbocycles. The molecule has 7 heteroatoms. The number of hydrogen-bond donors (Lipinski definition) is 1. The minimum Gasteiger partial charge on any atom is -0.380 e. The molecule has 0 amide bonds. The van der Waals surface area contributed by atoms with Crippen molar-refractivity contribution in [1.29, 1.82) is 0 Å². The van der Waals surface area contributed by atoms with Crippen LogP contribution in [0.1, 0.15) is 65.7 Å². The van der Waals surface area contributed by atoms with Crippen LogP contribution in [0.15, 0.2) is 0 Å². The van der Waals surface area contributed by atoms with Gasteiger partial charge in [-0.3, -0.25) is 0 Å². The van der Waals surface area contributed by atoms with Crippen LogP contribution in [0.3, 0.4) is 0 Å². The van der Waals surface area contributed by atoms with Gasteiger partial charge in [0.05, 0.1) is 5.60 Å². The zero-order valence-corrected chi connectivity index (χ0v) is 16.5. The summed E-state index contributed by atoms with van der Waals surface area (Å²) in [5.74, 6) is -9.91. The fourth-order valence-electron chi connectivity index (χ4n) is 3.02. The third kappa shape index (κ3) is 6.33. The quantitative estimate of drug-likeness (QED) is 0.187. The Morgan fingerprint density at radius 1 is 0.815 bits per heavy atom. The van der Waals surface area contributed by atoms with Gasteiger partial charge in [0.1, 0.15) is 5.69 Å². The van der Waals surface area contributed by atoms with Crippen LogP contribution in [0.2, 0.25) is 0 Å². The van der Waals surface area contributed by atoms with Gasteiger partial charge in [0.15, 0.2) is 23.3 Å². The highest BCUT2D eigenvalue weighted by molar-refractivity contribution is 5.47. The van der Waals surface area contributed by atoms with Crippen LogP contribution in [0.4, 0.5) is 27.6 Å². The van der Waals surface area contributed by atoms with E-state index in [2.05, 4.69) is 12.2 Å². The van der Waals surface area contributed by atoms with Crippen LogP contribution >= 0.6 is 0 Å². The summed E-state index contributed by atoms with van der Waals surface area (Å²) in [7, 11) is 1.53. The van der Waals surface area contributed by atoms with Crippen LogP contribution in [-0.4, -0.2) is 19.3 Å². The first-order valence-electron chi connectivity index (χ1n) is 9.47. The van der Waals surface area contributed by atoms with Gasteiger partial charge in [-0.15, -0.1) is 0 Å². The first-order valence-corrected chi connectivity index (χ1v) is 9.47. The fraction of sp³-hybridized carbons (Fsp3) is 0.700. The second kappa shape index (κ2) is 10.8. The summed E-state index contributed by atoms with van der Waals surface area (Å²) in [6.07, 6.45) is 7.27. The van der Waals surface area contributed by atoms with Crippen molar-refractivity contribution in [3.63, 3.8) is 0 Å². The molecule has 0 aliphatic rings. The predicted octanol–water partition coefficient (Wildman–Crippen LogP) is 6.59. The van der Waals surface area contributed by atoms with Gasteiger partial charge in [-0.1, -0.05) is 45.4 Å². The highest BCUT2D eigenvalue weighted by Crippen LogP contribution is 2.30. The molecule has 0 saturated heterocycles. The monoisotopic (exact) mass is 395 g/mol. The molecule has 0 fully saturated rings. The highest BCUT2D eigenvalue weighted by Gasteiger charge is 2.31. The first kappa shape index (κ1) is 23.7. The maximum Gasteiger partial charge on any atom is 0.200 e. The molecule has 156 valence electrons. The molecule has 1 unspecified atom stereocenters. The number of anilines is 1. The second-order valence-electron chi connectivity index (χ2n) is 7.39. The van der Waals surface area contributed by atoms with E-state index in [1.54, 1.807) is 0 Å². The zero-order chi connectivity index (χ0) is 20.6. The van der Waals surface area contributed by atoms with Crippen molar-refractivity contribution in [1.82, 2.24) is 0 Å². The van der Waals surface area contributed by atoms with Crippen molar-refractivity contribution in [3.05, 3.63) is 29.1 Å². The maximum absolute atomic E-state index is 13.8. The van der Waals surface area contributed by atoms with Crippen molar-refractivity contribution in [2.75, 3.05) is 19.0 Å². The molecule has 0 heterocycles. The number of halogens is 5. The van der Waals surface area contributed by atoms with Crippen LogP contribution in [0.25, 0.3) is 0 Å². The molecule has 1 aromatic carbocycles. The van der Waals surface area contributed by atoms with Crippen LogP contribution in [-0.2, 0) is 4.74 Å². The van der Waals surface area contributed by atoms with Crippen LogP contribution in [0.5, 0.6) is 0 Å². The summed E-state index contributed by atoms with van der Waals surface area (Å²) >= 11 is 0. The lowest BCUT2D eigenvalue weighted by molar-refractivity contribution is -0.0270. The van der Waals surface area contributed by atoms with Gasteiger partial charge in [0, 0.05) is 19.6 Å². The normalized spacial score (nSPS) is 13.1. The Morgan fingerprint density at radius 3 is 1.81 bits per heavy atom. The lowest BCUT2D eigenvalue weighted by Gasteiger charge is -2.34. The first-order chi connectivity index (χ1) is 12.7. The van der Waals surface area contributed by atoms with Crippen molar-refractivity contribution in [3.8, 4) is 0 Å². The average Bonchev–Trinajstić information content (AvgIpc) is 2.65. The Bertz CT molecular complexity index is 578. The van der Waals surface area contributed by atoms with E-state index in [4.69, 9.17) is 4.74 Å². The third-order valence-electron chi connectivity index (χ3n) is 5.15. The largest absolute Gasteiger partial charge is 0.380 e. The molecular formula is C20H30F5NO. The Balaban J connectivity index is 2.80. The predicted molar refractivity (Wildman–Crippen MR) is 97.3 cm³/mol. The smallest absolute Gasteiger partial charge is 0.200 e. The molecule has 1 rings (SSSR count). The fourth-order valence-corrected chi connectivity index (χ4v) is 3.02. The molecule has 0 aliphatic heterocycles. The molecule has 1 aromatic rings. The molecule has 1 N–H and O–H groups in total. The number of unbranched alkanes of at least 4 members (excludes halogenated alkanes) is 5. The van der Waals surface area contributed by atoms with E-state index in [0.717, 1.165) is 38.5 Å². The van der Waals surface area contributed by atoms with E-state index < -0.39 is 40.4 Å². The van der Waals surface area contributed by atoms with Crippen LogP contribution < -0.4 is 5.32 Å². The average molecular weight is 395 g/mol. The molecular weight excluding hydrogens is 365 g/mol. The molecule has 2 nitrogen and oxygen atoms in total. The Morgan fingerprint density at radius 2 is 1.30 bits per heavy atom. The summed E-state index contributed by atoms with van der Waals surface area (Å²) in [5, 5.41) is 2.42. The van der Waals surface area contributed by atoms with Crippen molar-refractivity contribution < 1.29 is 26.7 Å².